The fourth-order valence-electron chi connectivity index (χ4n) is 4.06. The minimum absolute atomic E-state index is 0.0498. The van der Waals surface area contributed by atoms with Gasteiger partial charge in [-0.15, -0.1) is 0 Å². The van der Waals surface area contributed by atoms with E-state index in [2.05, 4.69) is 10.0 Å². The molecule has 186 valence electrons. The van der Waals surface area contributed by atoms with Crippen LogP contribution in [0.2, 0.25) is 0 Å². The van der Waals surface area contributed by atoms with Crippen LogP contribution in [0.5, 0.6) is 5.75 Å². The van der Waals surface area contributed by atoms with Crippen LogP contribution >= 0.6 is 0 Å². The van der Waals surface area contributed by atoms with E-state index < -0.39 is 10.0 Å². The number of quaternary nitrogens is 1. The van der Waals surface area contributed by atoms with Crippen LogP contribution in [-0.2, 0) is 21.3 Å². The number of hydrogen-bond acceptors (Lipinski definition) is 6. The molecule has 1 unspecified atom stereocenters. The predicted octanol–water partition coefficient (Wildman–Crippen LogP) is 1.15. The maximum atomic E-state index is 12.9. The smallest absolute Gasteiger partial charge is 0.251 e. The van der Waals surface area contributed by atoms with Gasteiger partial charge in [0.2, 0.25) is 10.0 Å². The van der Waals surface area contributed by atoms with E-state index in [4.69, 9.17) is 13.9 Å². The van der Waals surface area contributed by atoms with Crippen molar-refractivity contribution in [2.75, 3.05) is 40.0 Å². The van der Waals surface area contributed by atoms with Crippen molar-refractivity contribution in [3.05, 3.63) is 83.8 Å². The lowest BCUT2D eigenvalue weighted by Crippen LogP contribution is -3.15. The minimum atomic E-state index is -3.73. The molecular formula is C25H30N3O6S+. The van der Waals surface area contributed by atoms with E-state index in [1.807, 2.05) is 24.3 Å². The number of furan rings is 1. The maximum Gasteiger partial charge on any atom is 0.251 e. The maximum absolute atomic E-state index is 12.9. The topological polar surface area (TPSA) is 111 Å². The van der Waals surface area contributed by atoms with Crippen LogP contribution in [0.1, 0.15) is 27.7 Å². The molecule has 2 aromatic carbocycles. The third-order valence-corrected chi connectivity index (χ3v) is 7.47. The summed E-state index contributed by atoms with van der Waals surface area (Å²) >= 11 is 0. The monoisotopic (exact) mass is 500 g/mol. The third-order valence-electron chi connectivity index (χ3n) is 6.06. The van der Waals surface area contributed by atoms with Gasteiger partial charge in [-0.05, 0) is 60.7 Å². The van der Waals surface area contributed by atoms with Crippen molar-refractivity contribution in [1.82, 2.24) is 10.0 Å². The average molecular weight is 501 g/mol. The first kappa shape index (κ1) is 24.9. The van der Waals surface area contributed by atoms with Crippen LogP contribution in [0.3, 0.4) is 0 Å². The summed E-state index contributed by atoms with van der Waals surface area (Å²) in [6.45, 7) is 3.55. The van der Waals surface area contributed by atoms with Gasteiger partial charge in [0, 0.05) is 11.1 Å². The van der Waals surface area contributed by atoms with Crippen molar-refractivity contribution in [2.45, 2.75) is 17.5 Å². The van der Waals surface area contributed by atoms with E-state index >= 15 is 0 Å². The summed E-state index contributed by atoms with van der Waals surface area (Å²) < 4.78 is 43.5. The fraction of sp³-hybridized carbons (Fsp3) is 0.320. The summed E-state index contributed by atoms with van der Waals surface area (Å²) in [4.78, 5) is 14.3. The summed E-state index contributed by atoms with van der Waals surface area (Å²) in [6.07, 6.45) is 1.48. The molecule has 0 bridgehead atoms. The second kappa shape index (κ2) is 11.5. The third kappa shape index (κ3) is 6.49. The summed E-state index contributed by atoms with van der Waals surface area (Å²) in [6, 6.07) is 17.2. The Morgan fingerprint density at radius 3 is 2.40 bits per heavy atom. The number of carbonyl (C=O) groups excluding carboxylic acids is 1. The van der Waals surface area contributed by atoms with Crippen LogP contribution in [0.25, 0.3) is 0 Å². The highest BCUT2D eigenvalue weighted by Crippen LogP contribution is 2.17. The zero-order valence-electron chi connectivity index (χ0n) is 19.5. The van der Waals surface area contributed by atoms with E-state index in [9.17, 15) is 13.2 Å². The Hall–Kier alpha value is -3.18. The molecule has 0 spiro atoms. The van der Waals surface area contributed by atoms with Gasteiger partial charge in [0.25, 0.3) is 5.91 Å². The molecule has 0 radical (unpaired) electrons. The molecule has 0 saturated carbocycles. The first-order valence-electron chi connectivity index (χ1n) is 11.4. The van der Waals surface area contributed by atoms with Crippen molar-refractivity contribution >= 4 is 15.9 Å². The Labute approximate surface area is 205 Å². The molecule has 2 heterocycles. The molecule has 1 aliphatic rings. The van der Waals surface area contributed by atoms with Crippen molar-refractivity contribution in [3.8, 4) is 5.75 Å². The highest BCUT2D eigenvalue weighted by Gasteiger charge is 2.27. The van der Waals surface area contributed by atoms with Gasteiger partial charge in [0.05, 0.1) is 44.6 Å². The molecule has 9 nitrogen and oxygen atoms in total. The quantitative estimate of drug-likeness (QED) is 0.385. The number of ether oxygens (including phenoxy) is 2. The molecule has 4 rings (SSSR count). The van der Waals surface area contributed by atoms with Crippen LogP contribution < -0.4 is 19.7 Å². The van der Waals surface area contributed by atoms with Gasteiger partial charge in [-0.2, -0.15) is 0 Å². The summed E-state index contributed by atoms with van der Waals surface area (Å²) in [7, 11) is -2.10. The first-order valence-corrected chi connectivity index (χ1v) is 12.9. The zero-order chi connectivity index (χ0) is 24.7. The number of carbonyl (C=O) groups is 1. The Kier molecular flexibility index (Phi) is 8.19. The van der Waals surface area contributed by atoms with Crippen molar-refractivity contribution in [2.24, 2.45) is 0 Å². The number of benzene rings is 2. The lowest BCUT2D eigenvalue weighted by Gasteiger charge is -2.32. The molecule has 1 amide bonds. The summed E-state index contributed by atoms with van der Waals surface area (Å²) in [5, 5.41) is 3.02. The fourth-order valence-corrected chi connectivity index (χ4v) is 5.05. The summed E-state index contributed by atoms with van der Waals surface area (Å²) in [5.41, 5.74) is 1.49. The average Bonchev–Trinajstić information content (AvgIpc) is 3.43. The molecule has 1 aliphatic heterocycles. The number of methoxy groups -OCH3 is 1. The highest BCUT2D eigenvalue weighted by molar-refractivity contribution is 7.89. The van der Waals surface area contributed by atoms with Crippen molar-refractivity contribution in [3.63, 3.8) is 0 Å². The number of morpholine rings is 1. The van der Waals surface area contributed by atoms with Crippen LogP contribution in [-0.4, -0.2) is 54.3 Å². The van der Waals surface area contributed by atoms with E-state index in [1.54, 1.807) is 19.2 Å². The molecule has 35 heavy (non-hydrogen) atoms. The van der Waals surface area contributed by atoms with Crippen molar-refractivity contribution in [1.29, 1.82) is 0 Å². The Bertz CT molecular complexity index is 1190. The second-order valence-corrected chi connectivity index (χ2v) is 10.0. The van der Waals surface area contributed by atoms with Gasteiger partial charge in [-0.1, -0.05) is 0 Å². The largest absolute Gasteiger partial charge is 0.497 e. The standard InChI is InChI=1S/C25H29N3O6S/c1-32-21-8-4-19(5-9-21)24(28-12-15-33-16-13-28)18-26-25(29)20-6-10-23(11-7-20)35(30,31)27-17-22-3-2-14-34-22/h2-11,14,24,27H,12-13,15-18H2,1H3,(H,26,29)/p+1. The van der Waals surface area contributed by atoms with E-state index in [1.165, 1.54) is 35.4 Å². The second-order valence-electron chi connectivity index (χ2n) is 8.23. The SMILES string of the molecule is COc1ccc(C(CNC(=O)c2ccc(S(=O)(=O)NCc3ccco3)cc2)[NH+]2CCOCC2)cc1. The molecule has 10 heteroatoms. The van der Waals surface area contributed by atoms with E-state index in [0.717, 1.165) is 24.4 Å². The molecule has 3 N–H and O–H groups in total. The number of sulfonamides is 1. The number of hydrogen-bond donors (Lipinski definition) is 3. The Morgan fingerprint density at radius 1 is 1.06 bits per heavy atom. The lowest BCUT2D eigenvalue weighted by atomic mass is 10.0. The van der Waals surface area contributed by atoms with E-state index in [0.29, 0.717) is 31.1 Å². The molecule has 1 atom stereocenters. The number of nitrogens with one attached hydrogen (secondary N) is 3. The minimum Gasteiger partial charge on any atom is -0.497 e. The summed E-state index contributed by atoms with van der Waals surface area (Å²) in [5.74, 6) is 1.03. The number of amides is 1. The molecule has 3 aromatic rings. The Balaban J connectivity index is 1.40. The van der Waals surface area contributed by atoms with Gasteiger partial charge >= 0.3 is 0 Å². The Morgan fingerprint density at radius 2 is 1.77 bits per heavy atom. The molecule has 1 fully saturated rings. The first-order chi connectivity index (χ1) is 17.0. The van der Waals surface area contributed by atoms with Crippen LogP contribution in [0.15, 0.2) is 76.2 Å². The molecule has 1 aromatic heterocycles. The van der Waals surface area contributed by atoms with Gasteiger partial charge in [-0.25, -0.2) is 13.1 Å². The predicted molar refractivity (Wildman–Crippen MR) is 129 cm³/mol. The lowest BCUT2D eigenvalue weighted by molar-refractivity contribution is -0.937. The van der Waals surface area contributed by atoms with E-state index in [-0.39, 0.29) is 23.4 Å². The van der Waals surface area contributed by atoms with Crippen LogP contribution in [0.4, 0.5) is 0 Å². The molecular weight excluding hydrogens is 470 g/mol. The van der Waals surface area contributed by atoms with Gasteiger partial charge in [-0.3, -0.25) is 4.79 Å². The number of rotatable bonds is 10. The van der Waals surface area contributed by atoms with Gasteiger partial charge in [0.15, 0.2) is 0 Å². The molecule has 0 aliphatic carbocycles. The normalized spacial score (nSPS) is 15.5. The van der Waals surface area contributed by atoms with Crippen LogP contribution in [0, 0.1) is 0 Å². The van der Waals surface area contributed by atoms with Gasteiger partial charge < -0.3 is 24.1 Å². The van der Waals surface area contributed by atoms with Crippen molar-refractivity contribution < 1.29 is 32.0 Å². The zero-order valence-corrected chi connectivity index (χ0v) is 20.3. The highest BCUT2D eigenvalue weighted by atomic mass is 32.2. The molecule has 1 saturated heterocycles. The van der Waals surface area contributed by atoms with Gasteiger partial charge in [0.1, 0.15) is 30.6 Å².